The second-order valence-corrected chi connectivity index (χ2v) is 7.50. The standard InChI is InChI=1S/C21H20F3N3O4/c1-13-9-17(14-5-3-7-16(10-14)27(29)30)18(19(28)31-12-21(22,23)24)20(2,26-13)15-6-4-8-25-11-15/h3-11,17-18,26H,12H2,1-2H3. The molecule has 0 saturated heterocycles. The van der Waals surface area contributed by atoms with Crippen LogP contribution in [-0.4, -0.2) is 28.7 Å². The van der Waals surface area contributed by atoms with Crippen molar-refractivity contribution in [2.45, 2.75) is 31.5 Å². The molecule has 3 rings (SSSR count). The lowest BCUT2D eigenvalue weighted by atomic mass is 9.68. The molecule has 0 amide bonds. The summed E-state index contributed by atoms with van der Waals surface area (Å²) in [4.78, 5) is 27.7. The molecule has 1 aliphatic heterocycles. The highest BCUT2D eigenvalue weighted by Crippen LogP contribution is 2.45. The number of hydrogen-bond donors (Lipinski definition) is 1. The molecule has 10 heteroatoms. The Balaban J connectivity index is 2.12. The van der Waals surface area contributed by atoms with Crippen molar-refractivity contribution in [3.8, 4) is 0 Å². The maximum absolute atomic E-state index is 13.0. The molecule has 1 aromatic carbocycles. The Labute approximate surface area is 176 Å². The first kappa shape index (κ1) is 22.3. The second kappa shape index (κ2) is 8.37. The van der Waals surface area contributed by atoms with Gasteiger partial charge in [0, 0.05) is 36.1 Å². The van der Waals surface area contributed by atoms with Gasteiger partial charge in [0.15, 0.2) is 6.61 Å². The van der Waals surface area contributed by atoms with Crippen LogP contribution in [0.4, 0.5) is 18.9 Å². The third-order valence-corrected chi connectivity index (χ3v) is 5.23. The number of benzene rings is 1. The average molecular weight is 435 g/mol. The summed E-state index contributed by atoms with van der Waals surface area (Å²) in [5.74, 6) is -2.99. The van der Waals surface area contributed by atoms with Crippen LogP contribution in [0.2, 0.25) is 0 Å². The third-order valence-electron chi connectivity index (χ3n) is 5.23. The highest BCUT2D eigenvalue weighted by atomic mass is 19.4. The van der Waals surface area contributed by atoms with Crippen LogP contribution >= 0.6 is 0 Å². The number of pyridine rings is 1. The first-order valence-corrected chi connectivity index (χ1v) is 9.36. The van der Waals surface area contributed by atoms with Crippen LogP contribution in [0.5, 0.6) is 0 Å². The van der Waals surface area contributed by atoms with Crippen molar-refractivity contribution in [2.75, 3.05) is 6.61 Å². The van der Waals surface area contributed by atoms with Gasteiger partial charge in [0.25, 0.3) is 5.69 Å². The lowest BCUT2D eigenvalue weighted by molar-refractivity contribution is -0.384. The number of ether oxygens (including phenoxy) is 1. The molecule has 3 unspecified atom stereocenters. The molecule has 2 heterocycles. The molecule has 0 saturated carbocycles. The van der Waals surface area contributed by atoms with Gasteiger partial charge < -0.3 is 10.1 Å². The monoisotopic (exact) mass is 435 g/mol. The van der Waals surface area contributed by atoms with Crippen molar-refractivity contribution in [1.82, 2.24) is 10.3 Å². The Hall–Kier alpha value is -3.43. The van der Waals surface area contributed by atoms with Gasteiger partial charge in [0.2, 0.25) is 0 Å². The molecule has 164 valence electrons. The van der Waals surface area contributed by atoms with Crippen molar-refractivity contribution >= 4 is 11.7 Å². The molecule has 7 nitrogen and oxygen atoms in total. The van der Waals surface area contributed by atoms with E-state index in [0.29, 0.717) is 16.8 Å². The van der Waals surface area contributed by atoms with Crippen molar-refractivity contribution in [3.05, 3.63) is 81.8 Å². The second-order valence-electron chi connectivity index (χ2n) is 7.50. The van der Waals surface area contributed by atoms with E-state index in [0.717, 1.165) is 0 Å². The Bertz CT molecular complexity index is 1010. The zero-order valence-electron chi connectivity index (χ0n) is 16.7. The van der Waals surface area contributed by atoms with Crippen molar-refractivity contribution in [3.63, 3.8) is 0 Å². The van der Waals surface area contributed by atoms with E-state index in [1.807, 2.05) is 0 Å². The Morgan fingerprint density at radius 1 is 1.32 bits per heavy atom. The summed E-state index contributed by atoms with van der Waals surface area (Å²) >= 11 is 0. The number of carbonyl (C=O) groups is 1. The van der Waals surface area contributed by atoms with Gasteiger partial charge in [-0.15, -0.1) is 0 Å². The lowest BCUT2D eigenvalue weighted by Crippen LogP contribution is -2.53. The summed E-state index contributed by atoms with van der Waals surface area (Å²) < 4.78 is 42.8. The molecule has 1 N–H and O–H groups in total. The van der Waals surface area contributed by atoms with Gasteiger partial charge in [0.05, 0.1) is 16.4 Å². The lowest BCUT2D eigenvalue weighted by Gasteiger charge is -2.45. The van der Waals surface area contributed by atoms with E-state index in [1.165, 1.54) is 30.6 Å². The smallest absolute Gasteiger partial charge is 0.422 e. The summed E-state index contributed by atoms with van der Waals surface area (Å²) in [6.45, 7) is 1.69. The van der Waals surface area contributed by atoms with E-state index in [1.54, 1.807) is 38.1 Å². The molecule has 3 atom stereocenters. The van der Waals surface area contributed by atoms with Crippen LogP contribution in [0.25, 0.3) is 0 Å². The number of nitrogens with one attached hydrogen (secondary N) is 1. The van der Waals surface area contributed by atoms with Crippen LogP contribution in [0.3, 0.4) is 0 Å². The van der Waals surface area contributed by atoms with Gasteiger partial charge in [0.1, 0.15) is 0 Å². The fourth-order valence-electron chi connectivity index (χ4n) is 3.93. The third kappa shape index (κ3) is 4.84. The molecule has 0 bridgehead atoms. The van der Waals surface area contributed by atoms with E-state index < -0.39 is 41.1 Å². The average Bonchev–Trinajstić information content (AvgIpc) is 2.71. The number of halogens is 3. The largest absolute Gasteiger partial charge is 0.456 e. The Morgan fingerprint density at radius 2 is 2.06 bits per heavy atom. The van der Waals surface area contributed by atoms with Crippen LogP contribution in [0.1, 0.15) is 30.9 Å². The number of aromatic nitrogens is 1. The number of non-ortho nitro benzene ring substituents is 1. The van der Waals surface area contributed by atoms with E-state index in [4.69, 9.17) is 0 Å². The molecule has 0 fully saturated rings. The molecule has 1 aromatic heterocycles. The maximum atomic E-state index is 13.0. The number of esters is 1. The quantitative estimate of drug-likeness (QED) is 0.429. The minimum Gasteiger partial charge on any atom is -0.456 e. The summed E-state index contributed by atoms with van der Waals surface area (Å²) in [6, 6.07) is 9.04. The zero-order chi connectivity index (χ0) is 22.8. The SMILES string of the molecule is CC1=CC(c2cccc([N+](=O)[O-])c2)C(C(=O)OCC(F)(F)F)C(C)(c2cccnc2)N1. The predicted octanol–water partition coefficient (Wildman–Crippen LogP) is 4.22. The number of nitrogens with zero attached hydrogens (tertiary/aromatic N) is 2. The molecular weight excluding hydrogens is 415 g/mol. The molecule has 0 aliphatic carbocycles. The fraction of sp³-hybridized carbons (Fsp3) is 0.333. The first-order valence-electron chi connectivity index (χ1n) is 9.36. The topological polar surface area (TPSA) is 94.4 Å². The van der Waals surface area contributed by atoms with E-state index in [9.17, 15) is 28.1 Å². The van der Waals surface area contributed by atoms with Gasteiger partial charge in [-0.1, -0.05) is 24.3 Å². The van der Waals surface area contributed by atoms with E-state index in [2.05, 4.69) is 15.0 Å². The number of rotatable bonds is 5. The van der Waals surface area contributed by atoms with E-state index >= 15 is 0 Å². The Morgan fingerprint density at radius 3 is 2.68 bits per heavy atom. The van der Waals surface area contributed by atoms with Gasteiger partial charge in [-0.2, -0.15) is 13.2 Å². The van der Waals surface area contributed by atoms with Crippen molar-refractivity contribution in [1.29, 1.82) is 0 Å². The number of nitro benzene ring substituents is 1. The van der Waals surface area contributed by atoms with Crippen LogP contribution in [0.15, 0.2) is 60.6 Å². The van der Waals surface area contributed by atoms with Crippen LogP contribution in [0, 0.1) is 16.0 Å². The highest BCUT2D eigenvalue weighted by Gasteiger charge is 2.49. The van der Waals surface area contributed by atoms with Gasteiger partial charge >= 0.3 is 12.1 Å². The minimum atomic E-state index is -4.69. The molecule has 0 radical (unpaired) electrons. The molecule has 0 spiro atoms. The van der Waals surface area contributed by atoms with Gasteiger partial charge in [-0.05, 0) is 31.0 Å². The van der Waals surface area contributed by atoms with Gasteiger partial charge in [-0.25, -0.2) is 0 Å². The summed E-state index contributed by atoms with van der Waals surface area (Å²) in [5, 5.41) is 14.4. The highest BCUT2D eigenvalue weighted by molar-refractivity contribution is 5.77. The summed E-state index contributed by atoms with van der Waals surface area (Å²) in [5.41, 5.74) is 0.270. The number of hydrogen-bond acceptors (Lipinski definition) is 6. The molecule has 2 aromatic rings. The number of allylic oxidation sites excluding steroid dienone is 2. The van der Waals surface area contributed by atoms with E-state index in [-0.39, 0.29) is 5.69 Å². The summed E-state index contributed by atoms with van der Waals surface area (Å²) in [7, 11) is 0. The van der Waals surface area contributed by atoms with Crippen LogP contribution in [-0.2, 0) is 15.1 Å². The van der Waals surface area contributed by atoms with Crippen LogP contribution < -0.4 is 5.32 Å². The fourth-order valence-corrected chi connectivity index (χ4v) is 3.93. The molecular formula is C21H20F3N3O4. The molecule has 31 heavy (non-hydrogen) atoms. The maximum Gasteiger partial charge on any atom is 0.422 e. The predicted molar refractivity (Wildman–Crippen MR) is 105 cm³/mol. The number of alkyl halides is 3. The first-order chi connectivity index (χ1) is 14.5. The number of nitro groups is 1. The zero-order valence-corrected chi connectivity index (χ0v) is 16.7. The van der Waals surface area contributed by atoms with Crippen molar-refractivity contribution < 1.29 is 27.6 Å². The minimum absolute atomic E-state index is 0.187. The number of carbonyl (C=O) groups excluding carboxylic acids is 1. The van der Waals surface area contributed by atoms with Gasteiger partial charge in [-0.3, -0.25) is 19.9 Å². The molecule has 1 aliphatic rings. The Kier molecular flexibility index (Phi) is 6.01. The van der Waals surface area contributed by atoms with Crippen molar-refractivity contribution in [2.24, 2.45) is 5.92 Å². The summed E-state index contributed by atoms with van der Waals surface area (Å²) in [6.07, 6.45) is 0.0273. The normalized spacial score (nSPS) is 23.5.